The van der Waals surface area contributed by atoms with E-state index in [4.69, 9.17) is 4.74 Å². The highest BCUT2D eigenvalue weighted by molar-refractivity contribution is 6.07. The van der Waals surface area contributed by atoms with E-state index < -0.39 is 0 Å². The zero-order valence-electron chi connectivity index (χ0n) is 11.3. The second kappa shape index (κ2) is 5.61. The van der Waals surface area contributed by atoms with E-state index in [1.54, 1.807) is 24.5 Å². The lowest BCUT2D eigenvalue weighted by Crippen LogP contribution is -2.08. The molecule has 0 unspecified atom stereocenters. The Labute approximate surface area is 112 Å². The minimum absolute atomic E-state index is 0.0456. The average Bonchev–Trinajstić information content (AvgIpc) is 2.37. The molecule has 0 radical (unpaired) electrons. The molecule has 0 aliphatic rings. The largest absolute Gasteiger partial charge is 0.489 e. The summed E-state index contributed by atoms with van der Waals surface area (Å²) in [5.74, 6) is 0.443. The first-order chi connectivity index (χ1) is 9.06. The van der Waals surface area contributed by atoms with Crippen molar-refractivity contribution in [3.05, 3.63) is 53.6 Å². The summed E-state index contributed by atoms with van der Waals surface area (Å²) in [7, 11) is 0. The van der Waals surface area contributed by atoms with Gasteiger partial charge in [-0.05, 0) is 44.5 Å². The number of hydrogen-bond donors (Lipinski definition) is 0. The number of aryl methyl sites for hydroxylation is 1. The summed E-state index contributed by atoms with van der Waals surface area (Å²) in [5.41, 5.74) is 1.90. The maximum Gasteiger partial charge on any atom is 0.213 e. The van der Waals surface area contributed by atoms with Crippen molar-refractivity contribution in [2.75, 3.05) is 0 Å². The molecule has 98 valence electrons. The molecule has 0 fully saturated rings. The van der Waals surface area contributed by atoms with Gasteiger partial charge in [0.05, 0.1) is 12.3 Å². The fraction of sp³-hybridized carbons (Fsp3) is 0.267. The molecule has 0 aromatic carbocycles. The smallest absolute Gasteiger partial charge is 0.213 e. The van der Waals surface area contributed by atoms with Gasteiger partial charge in [0.1, 0.15) is 11.4 Å². The van der Waals surface area contributed by atoms with Gasteiger partial charge in [-0.1, -0.05) is 0 Å². The molecule has 2 aromatic rings. The van der Waals surface area contributed by atoms with E-state index in [9.17, 15) is 4.79 Å². The SMILES string of the molecule is Cc1ccnc(C(=O)c2cncc(OC(C)C)c2)c1. The molecule has 19 heavy (non-hydrogen) atoms. The quantitative estimate of drug-likeness (QED) is 0.789. The molecule has 0 N–H and O–H groups in total. The van der Waals surface area contributed by atoms with Crippen molar-refractivity contribution in [2.24, 2.45) is 0 Å². The maximum absolute atomic E-state index is 12.3. The highest BCUT2D eigenvalue weighted by atomic mass is 16.5. The van der Waals surface area contributed by atoms with Crippen LogP contribution in [0.5, 0.6) is 5.75 Å². The Morgan fingerprint density at radius 2 is 2.05 bits per heavy atom. The second-order valence-electron chi connectivity index (χ2n) is 4.62. The van der Waals surface area contributed by atoms with Crippen molar-refractivity contribution in [3.8, 4) is 5.75 Å². The number of aromatic nitrogens is 2. The van der Waals surface area contributed by atoms with Gasteiger partial charge in [-0.3, -0.25) is 14.8 Å². The first kappa shape index (κ1) is 13.2. The molecule has 0 amide bonds. The third-order valence-electron chi connectivity index (χ3n) is 2.50. The van der Waals surface area contributed by atoms with E-state index in [0.717, 1.165) is 5.56 Å². The number of ether oxygens (including phenoxy) is 1. The second-order valence-corrected chi connectivity index (χ2v) is 4.62. The first-order valence-corrected chi connectivity index (χ1v) is 6.15. The highest BCUT2D eigenvalue weighted by Gasteiger charge is 2.12. The third-order valence-corrected chi connectivity index (χ3v) is 2.50. The van der Waals surface area contributed by atoms with Crippen molar-refractivity contribution in [3.63, 3.8) is 0 Å². The zero-order chi connectivity index (χ0) is 13.8. The summed E-state index contributed by atoms with van der Waals surface area (Å²) in [6.45, 7) is 5.78. The van der Waals surface area contributed by atoms with Crippen LogP contribution in [0.2, 0.25) is 0 Å². The number of hydrogen-bond acceptors (Lipinski definition) is 4. The van der Waals surface area contributed by atoms with Crippen LogP contribution in [0.3, 0.4) is 0 Å². The predicted octanol–water partition coefficient (Wildman–Crippen LogP) is 2.80. The fourth-order valence-corrected chi connectivity index (χ4v) is 1.69. The fourth-order valence-electron chi connectivity index (χ4n) is 1.69. The van der Waals surface area contributed by atoms with Crippen LogP contribution in [0.25, 0.3) is 0 Å². The van der Waals surface area contributed by atoms with Crippen molar-refractivity contribution in [2.45, 2.75) is 26.9 Å². The number of carbonyl (C=O) groups is 1. The lowest BCUT2D eigenvalue weighted by molar-refractivity contribution is 0.103. The van der Waals surface area contributed by atoms with Crippen LogP contribution >= 0.6 is 0 Å². The number of pyridine rings is 2. The van der Waals surface area contributed by atoms with Crippen LogP contribution < -0.4 is 4.74 Å². The van der Waals surface area contributed by atoms with E-state index in [1.165, 1.54) is 6.20 Å². The summed E-state index contributed by atoms with van der Waals surface area (Å²) in [6.07, 6.45) is 4.80. The Morgan fingerprint density at radius 3 is 2.74 bits per heavy atom. The van der Waals surface area contributed by atoms with E-state index in [2.05, 4.69) is 9.97 Å². The normalized spacial score (nSPS) is 10.5. The molecule has 2 rings (SSSR count). The van der Waals surface area contributed by atoms with Gasteiger partial charge in [0.15, 0.2) is 0 Å². The van der Waals surface area contributed by atoms with Gasteiger partial charge in [-0.2, -0.15) is 0 Å². The molecule has 2 aromatic heterocycles. The molecule has 0 spiro atoms. The highest BCUT2D eigenvalue weighted by Crippen LogP contribution is 2.15. The van der Waals surface area contributed by atoms with Crippen LogP contribution in [-0.2, 0) is 0 Å². The minimum Gasteiger partial charge on any atom is -0.489 e. The third kappa shape index (κ3) is 3.37. The van der Waals surface area contributed by atoms with Gasteiger partial charge in [-0.25, -0.2) is 0 Å². The van der Waals surface area contributed by atoms with E-state index >= 15 is 0 Å². The van der Waals surface area contributed by atoms with Gasteiger partial charge in [0, 0.05) is 18.0 Å². The Kier molecular flexibility index (Phi) is 3.90. The molecular weight excluding hydrogens is 240 g/mol. The summed E-state index contributed by atoms with van der Waals surface area (Å²) in [6, 6.07) is 5.31. The number of nitrogens with zero attached hydrogens (tertiary/aromatic N) is 2. The minimum atomic E-state index is -0.148. The van der Waals surface area contributed by atoms with Crippen LogP contribution in [0.4, 0.5) is 0 Å². The van der Waals surface area contributed by atoms with Gasteiger partial charge in [-0.15, -0.1) is 0 Å². The molecule has 0 saturated heterocycles. The van der Waals surface area contributed by atoms with Gasteiger partial charge >= 0.3 is 0 Å². The molecule has 0 bridgehead atoms. The lowest BCUT2D eigenvalue weighted by Gasteiger charge is -2.09. The molecule has 4 heteroatoms. The van der Waals surface area contributed by atoms with Gasteiger partial charge in [0.25, 0.3) is 0 Å². The number of rotatable bonds is 4. The Balaban J connectivity index is 2.29. The van der Waals surface area contributed by atoms with Crippen LogP contribution in [0.1, 0.15) is 35.5 Å². The van der Waals surface area contributed by atoms with Gasteiger partial charge in [0.2, 0.25) is 5.78 Å². The van der Waals surface area contributed by atoms with E-state index in [-0.39, 0.29) is 11.9 Å². The summed E-state index contributed by atoms with van der Waals surface area (Å²) in [5, 5.41) is 0. The zero-order valence-corrected chi connectivity index (χ0v) is 11.3. The molecule has 4 nitrogen and oxygen atoms in total. The number of carbonyl (C=O) groups excluding carboxylic acids is 1. The summed E-state index contributed by atoms with van der Waals surface area (Å²) in [4.78, 5) is 20.4. The molecular formula is C15H16N2O2. The van der Waals surface area contributed by atoms with Crippen LogP contribution in [0, 0.1) is 6.92 Å². The first-order valence-electron chi connectivity index (χ1n) is 6.15. The van der Waals surface area contributed by atoms with Crippen molar-refractivity contribution >= 4 is 5.78 Å². The standard InChI is InChI=1S/C15H16N2O2/c1-10(2)19-13-7-12(8-16-9-13)15(18)14-6-11(3)4-5-17-14/h4-10H,1-3H3. The van der Waals surface area contributed by atoms with Crippen molar-refractivity contribution in [1.29, 1.82) is 0 Å². The van der Waals surface area contributed by atoms with Crippen LogP contribution in [-0.4, -0.2) is 21.9 Å². The van der Waals surface area contributed by atoms with Crippen LogP contribution in [0.15, 0.2) is 36.8 Å². The topological polar surface area (TPSA) is 52.1 Å². The Morgan fingerprint density at radius 1 is 1.26 bits per heavy atom. The lowest BCUT2D eigenvalue weighted by atomic mass is 10.1. The molecule has 0 atom stereocenters. The Hall–Kier alpha value is -2.23. The van der Waals surface area contributed by atoms with E-state index in [0.29, 0.717) is 17.0 Å². The average molecular weight is 256 g/mol. The monoisotopic (exact) mass is 256 g/mol. The summed E-state index contributed by atoms with van der Waals surface area (Å²) >= 11 is 0. The van der Waals surface area contributed by atoms with Crippen molar-refractivity contribution < 1.29 is 9.53 Å². The number of ketones is 1. The maximum atomic E-state index is 12.3. The molecule has 0 saturated carbocycles. The van der Waals surface area contributed by atoms with Crippen molar-refractivity contribution in [1.82, 2.24) is 9.97 Å². The Bertz CT molecular complexity index is 594. The molecule has 0 aliphatic carbocycles. The molecule has 2 heterocycles. The summed E-state index contributed by atoms with van der Waals surface area (Å²) < 4.78 is 5.53. The van der Waals surface area contributed by atoms with Gasteiger partial charge < -0.3 is 4.74 Å². The molecule has 0 aliphatic heterocycles. The predicted molar refractivity (Wildman–Crippen MR) is 72.4 cm³/mol. The van der Waals surface area contributed by atoms with E-state index in [1.807, 2.05) is 26.8 Å².